The van der Waals surface area contributed by atoms with E-state index in [-0.39, 0.29) is 10.9 Å². The van der Waals surface area contributed by atoms with Crippen LogP contribution in [-0.4, -0.2) is 8.42 Å². The van der Waals surface area contributed by atoms with E-state index in [4.69, 9.17) is 17.3 Å². The summed E-state index contributed by atoms with van der Waals surface area (Å²) in [4.78, 5) is 0.183. The van der Waals surface area contributed by atoms with Crippen LogP contribution in [0.2, 0.25) is 5.02 Å². The molecule has 3 N–H and O–H groups in total. The number of rotatable bonds is 3. The number of fused-ring (bicyclic) bond motifs is 1. The molecule has 0 spiro atoms. The standard InChI is InChI=1S/C16H17ClN2O2S/c17-12-4-2-5-14(10-12)22(20,21)19-16-6-1-3-11-9-13(18)7-8-15(11)16/h2,4-5,7-10,16,19H,1,3,6,18H2. The highest BCUT2D eigenvalue weighted by molar-refractivity contribution is 7.89. The molecule has 0 radical (unpaired) electrons. The average Bonchev–Trinajstić information content (AvgIpc) is 2.47. The van der Waals surface area contributed by atoms with E-state index in [1.165, 1.54) is 6.07 Å². The minimum atomic E-state index is -3.60. The van der Waals surface area contributed by atoms with Crippen LogP contribution < -0.4 is 10.5 Å². The molecule has 0 heterocycles. The zero-order valence-corrected chi connectivity index (χ0v) is 13.5. The topological polar surface area (TPSA) is 72.2 Å². The lowest BCUT2D eigenvalue weighted by Crippen LogP contribution is -2.31. The van der Waals surface area contributed by atoms with Crippen LogP contribution in [0.3, 0.4) is 0 Å². The maximum atomic E-state index is 12.5. The molecule has 1 atom stereocenters. The van der Waals surface area contributed by atoms with Crippen LogP contribution in [0.5, 0.6) is 0 Å². The second kappa shape index (κ2) is 5.91. The van der Waals surface area contributed by atoms with Gasteiger partial charge in [0.25, 0.3) is 0 Å². The number of anilines is 1. The number of aryl methyl sites for hydroxylation is 1. The van der Waals surface area contributed by atoms with Gasteiger partial charge in [0, 0.05) is 16.8 Å². The number of hydrogen-bond acceptors (Lipinski definition) is 3. The summed E-state index contributed by atoms with van der Waals surface area (Å²) in [5.41, 5.74) is 8.64. The van der Waals surface area contributed by atoms with Crippen molar-refractivity contribution >= 4 is 27.3 Å². The molecule has 1 unspecified atom stereocenters. The molecule has 0 bridgehead atoms. The first-order chi connectivity index (χ1) is 10.5. The van der Waals surface area contributed by atoms with Crippen LogP contribution in [0.15, 0.2) is 47.4 Å². The van der Waals surface area contributed by atoms with Gasteiger partial charge >= 0.3 is 0 Å². The van der Waals surface area contributed by atoms with E-state index in [1.807, 2.05) is 18.2 Å². The SMILES string of the molecule is Nc1ccc2c(c1)CCCC2NS(=O)(=O)c1cccc(Cl)c1. The van der Waals surface area contributed by atoms with Gasteiger partial charge in [0.2, 0.25) is 10.0 Å². The third kappa shape index (κ3) is 3.11. The van der Waals surface area contributed by atoms with Gasteiger partial charge in [-0.1, -0.05) is 23.7 Å². The second-order valence-corrected chi connectivity index (χ2v) is 7.63. The van der Waals surface area contributed by atoms with E-state index in [9.17, 15) is 8.42 Å². The van der Waals surface area contributed by atoms with E-state index in [2.05, 4.69) is 4.72 Å². The lowest BCUT2D eigenvalue weighted by Gasteiger charge is -2.26. The van der Waals surface area contributed by atoms with Crippen LogP contribution in [0.25, 0.3) is 0 Å². The molecule has 0 fully saturated rings. The Morgan fingerprint density at radius 2 is 2.00 bits per heavy atom. The Morgan fingerprint density at radius 1 is 1.18 bits per heavy atom. The van der Waals surface area contributed by atoms with Crippen molar-refractivity contribution < 1.29 is 8.42 Å². The summed E-state index contributed by atoms with van der Waals surface area (Å²) in [5, 5.41) is 0.402. The van der Waals surface area contributed by atoms with Gasteiger partial charge in [-0.2, -0.15) is 0 Å². The van der Waals surface area contributed by atoms with Gasteiger partial charge in [-0.3, -0.25) is 0 Å². The van der Waals surface area contributed by atoms with Crippen LogP contribution in [-0.2, 0) is 16.4 Å². The Bertz CT molecular complexity index is 806. The normalized spacial score (nSPS) is 18.0. The van der Waals surface area contributed by atoms with E-state index in [1.54, 1.807) is 18.2 Å². The molecule has 1 aliphatic rings. The van der Waals surface area contributed by atoms with Crippen LogP contribution in [0.1, 0.15) is 30.0 Å². The summed E-state index contributed by atoms with van der Waals surface area (Å²) in [7, 11) is -3.60. The molecule has 22 heavy (non-hydrogen) atoms. The van der Waals surface area contributed by atoms with Gasteiger partial charge in [-0.15, -0.1) is 0 Å². The zero-order valence-electron chi connectivity index (χ0n) is 11.9. The second-order valence-electron chi connectivity index (χ2n) is 5.48. The number of hydrogen-bond donors (Lipinski definition) is 2. The van der Waals surface area contributed by atoms with Crippen molar-refractivity contribution in [2.75, 3.05) is 5.73 Å². The van der Waals surface area contributed by atoms with Crippen LogP contribution in [0.4, 0.5) is 5.69 Å². The molecule has 0 aliphatic heterocycles. The molecule has 4 nitrogen and oxygen atoms in total. The molecule has 0 saturated carbocycles. The molecule has 0 amide bonds. The number of nitrogen functional groups attached to an aromatic ring is 1. The van der Waals surface area contributed by atoms with Crippen LogP contribution >= 0.6 is 11.6 Å². The highest BCUT2D eigenvalue weighted by atomic mass is 35.5. The van der Waals surface area contributed by atoms with Gasteiger partial charge in [0.1, 0.15) is 0 Å². The summed E-state index contributed by atoms with van der Waals surface area (Å²) < 4.78 is 27.9. The Morgan fingerprint density at radius 3 is 2.77 bits per heavy atom. The molecule has 0 saturated heterocycles. The first-order valence-electron chi connectivity index (χ1n) is 7.12. The van der Waals surface area contributed by atoms with Gasteiger partial charge in [0.15, 0.2) is 0 Å². The minimum absolute atomic E-state index is 0.183. The van der Waals surface area contributed by atoms with E-state index in [0.29, 0.717) is 10.7 Å². The monoisotopic (exact) mass is 336 g/mol. The summed E-state index contributed by atoms with van der Waals surface area (Å²) in [6.07, 6.45) is 2.63. The fourth-order valence-corrected chi connectivity index (χ4v) is 4.40. The highest BCUT2D eigenvalue weighted by Gasteiger charge is 2.25. The minimum Gasteiger partial charge on any atom is -0.399 e. The largest absolute Gasteiger partial charge is 0.399 e. The fraction of sp³-hybridized carbons (Fsp3) is 0.250. The molecule has 0 aromatic heterocycles. The third-order valence-electron chi connectivity index (χ3n) is 3.89. The van der Waals surface area contributed by atoms with Gasteiger partial charge in [0.05, 0.1) is 4.90 Å². The number of nitrogens with two attached hydrogens (primary N) is 1. The number of sulfonamides is 1. The zero-order chi connectivity index (χ0) is 15.7. The smallest absolute Gasteiger partial charge is 0.241 e. The predicted molar refractivity (Wildman–Crippen MR) is 88.3 cm³/mol. The molecule has 116 valence electrons. The fourth-order valence-electron chi connectivity index (χ4n) is 2.85. The van der Waals surface area contributed by atoms with Crippen molar-refractivity contribution in [1.82, 2.24) is 4.72 Å². The average molecular weight is 337 g/mol. The number of halogens is 1. The Labute approximate surface area is 135 Å². The highest BCUT2D eigenvalue weighted by Crippen LogP contribution is 2.32. The maximum Gasteiger partial charge on any atom is 0.241 e. The molecule has 3 rings (SSSR count). The third-order valence-corrected chi connectivity index (χ3v) is 5.59. The predicted octanol–water partition coefficient (Wildman–Crippen LogP) is 3.28. The number of benzene rings is 2. The first kappa shape index (κ1) is 15.3. The molecule has 2 aromatic rings. The molecule has 6 heteroatoms. The Balaban J connectivity index is 1.91. The van der Waals surface area contributed by atoms with Crippen LogP contribution in [0, 0.1) is 0 Å². The number of nitrogens with one attached hydrogen (secondary N) is 1. The summed E-state index contributed by atoms with van der Waals surface area (Å²) >= 11 is 5.89. The molecule has 2 aromatic carbocycles. The summed E-state index contributed by atoms with van der Waals surface area (Å²) in [6, 6.07) is 11.7. The maximum absolute atomic E-state index is 12.5. The van der Waals surface area contributed by atoms with Gasteiger partial charge in [-0.25, -0.2) is 13.1 Å². The first-order valence-corrected chi connectivity index (χ1v) is 8.98. The lowest BCUT2D eigenvalue weighted by atomic mass is 9.88. The van der Waals surface area contributed by atoms with Crippen molar-refractivity contribution in [3.05, 3.63) is 58.6 Å². The van der Waals surface area contributed by atoms with Crippen molar-refractivity contribution in [2.45, 2.75) is 30.2 Å². The summed E-state index contributed by atoms with van der Waals surface area (Å²) in [5.74, 6) is 0. The van der Waals surface area contributed by atoms with Gasteiger partial charge in [-0.05, 0) is 60.7 Å². The Hall–Kier alpha value is -1.56. The molecular weight excluding hydrogens is 320 g/mol. The molecular formula is C16H17ClN2O2S. The molecule has 1 aliphatic carbocycles. The Kier molecular flexibility index (Phi) is 4.12. The summed E-state index contributed by atoms with van der Waals surface area (Å²) in [6.45, 7) is 0. The lowest BCUT2D eigenvalue weighted by molar-refractivity contribution is 0.507. The van der Waals surface area contributed by atoms with E-state index in [0.717, 1.165) is 30.4 Å². The quantitative estimate of drug-likeness (QED) is 0.845. The van der Waals surface area contributed by atoms with E-state index < -0.39 is 10.0 Å². The van der Waals surface area contributed by atoms with Crippen molar-refractivity contribution in [3.63, 3.8) is 0 Å². The van der Waals surface area contributed by atoms with Gasteiger partial charge < -0.3 is 5.73 Å². The van der Waals surface area contributed by atoms with Crippen molar-refractivity contribution in [1.29, 1.82) is 0 Å². The van der Waals surface area contributed by atoms with Crippen molar-refractivity contribution in [2.24, 2.45) is 0 Å². The van der Waals surface area contributed by atoms with Crippen molar-refractivity contribution in [3.8, 4) is 0 Å². The van der Waals surface area contributed by atoms with E-state index >= 15 is 0 Å².